The summed E-state index contributed by atoms with van der Waals surface area (Å²) in [6.07, 6.45) is -25.2. The van der Waals surface area contributed by atoms with Gasteiger partial charge in [-0.2, -0.15) is 0 Å². The number of ether oxygens (including phenoxy) is 7. The monoisotopic (exact) mass is 758 g/mol. The third kappa shape index (κ3) is 10.3. The van der Waals surface area contributed by atoms with Gasteiger partial charge >= 0.3 is 17.9 Å². The van der Waals surface area contributed by atoms with Gasteiger partial charge in [0.1, 0.15) is 67.6 Å². The molecule has 0 bridgehead atoms. The normalized spacial score (nSPS) is 39.0. The second-order valence-electron chi connectivity index (χ2n) is 12.5. The third-order valence-corrected chi connectivity index (χ3v) is 8.41. The molecule has 3 heterocycles. The van der Waals surface area contributed by atoms with Gasteiger partial charge in [0.2, 0.25) is 11.8 Å². The maximum atomic E-state index is 12.7. The Bertz CT molecular complexity index is 1270. The summed E-state index contributed by atoms with van der Waals surface area (Å²) in [6, 6.07) is -3.05. The highest BCUT2D eigenvalue weighted by Gasteiger charge is 2.58. The van der Waals surface area contributed by atoms with Crippen LogP contribution in [0.25, 0.3) is 0 Å². The van der Waals surface area contributed by atoms with E-state index in [1.807, 2.05) is 0 Å². The van der Waals surface area contributed by atoms with Crippen LogP contribution in [0.3, 0.4) is 0 Å². The molecule has 3 fully saturated rings. The average Bonchev–Trinajstić information content (AvgIpc) is 3.05. The second-order valence-corrected chi connectivity index (χ2v) is 12.5. The van der Waals surface area contributed by atoms with E-state index in [2.05, 4.69) is 10.6 Å². The Morgan fingerprint density at radius 3 is 1.98 bits per heavy atom. The maximum Gasteiger partial charge on any atom is 0.364 e. The lowest BCUT2D eigenvalue weighted by molar-refractivity contribution is -0.358. The molecule has 0 saturated carbocycles. The minimum Gasteiger partial charge on any atom is -0.477 e. The number of rotatable bonds is 14. The summed E-state index contributed by atoms with van der Waals surface area (Å²) >= 11 is 0. The highest BCUT2D eigenvalue weighted by atomic mass is 16.8. The molecule has 1 unspecified atom stereocenters. The lowest BCUT2D eigenvalue weighted by atomic mass is 9.88. The standard InChI is InChI=1S/C29H46N2O21/c1-9(33)30-17-13(37)5-29(28(44)45,52-25(17)23(48-12(4)36)14(38)7-46-11(3)35)47-8-16-19(39)21(41)22(42)27(50-16)51-24-15(6-32)49-26(43)18(20(24)40)31-10(2)34/h13-27,32,37-43H,5-8H2,1-4H3,(H,30,33)(H,31,34)(H,44,45)/t13-,14+,15+,16+,17+,18+,19-,20+,21-,22+,23+,24+,25+,26?,27+,29+/m0/s1. The van der Waals surface area contributed by atoms with Crippen LogP contribution in [0.4, 0.5) is 0 Å². The summed E-state index contributed by atoms with van der Waals surface area (Å²) in [4.78, 5) is 59.8. The SMILES string of the molecule is CC(=O)N[C@H]1[C@H]([C@H](OC(C)=O)[C@H](O)COC(C)=O)O[C@@](OC[C@H]2O[C@H](O[C@H]3[C@H](O)[C@@H](NC(C)=O)C(O)O[C@@H]3CO)[C@H](O)[C@@H](O)[C@H]2O)(C(=O)O)C[C@@H]1O. The largest absolute Gasteiger partial charge is 0.477 e. The Hall–Kier alpha value is -3.17. The van der Waals surface area contributed by atoms with Gasteiger partial charge in [-0.05, 0) is 0 Å². The number of aliphatic carboxylic acids is 1. The first-order valence-corrected chi connectivity index (χ1v) is 16.0. The first kappa shape index (κ1) is 43.2. The van der Waals surface area contributed by atoms with Gasteiger partial charge in [-0.15, -0.1) is 0 Å². The smallest absolute Gasteiger partial charge is 0.364 e. The first-order valence-electron chi connectivity index (χ1n) is 16.0. The zero-order valence-electron chi connectivity index (χ0n) is 28.4. The predicted octanol–water partition coefficient (Wildman–Crippen LogP) is -6.94. The molecule has 0 radical (unpaired) electrons. The quantitative estimate of drug-likeness (QED) is 0.0733. The number of aliphatic hydroxyl groups is 8. The van der Waals surface area contributed by atoms with Crippen molar-refractivity contribution in [2.24, 2.45) is 0 Å². The molecule has 298 valence electrons. The first-order chi connectivity index (χ1) is 24.2. The van der Waals surface area contributed by atoms with E-state index >= 15 is 0 Å². The minimum absolute atomic E-state index is 0.691. The highest BCUT2D eigenvalue weighted by molar-refractivity contribution is 5.77. The number of carbonyl (C=O) groups excluding carboxylic acids is 4. The Morgan fingerprint density at radius 1 is 0.827 bits per heavy atom. The summed E-state index contributed by atoms with van der Waals surface area (Å²) in [6.45, 7) is 1.36. The van der Waals surface area contributed by atoms with Crippen LogP contribution in [0, 0.1) is 0 Å². The van der Waals surface area contributed by atoms with Crippen molar-refractivity contribution in [3.05, 3.63) is 0 Å². The molecule has 23 nitrogen and oxygen atoms in total. The molecule has 0 aliphatic carbocycles. The zero-order valence-corrected chi connectivity index (χ0v) is 28.4. The predicted molar refractivity (Wildman–Crippen MR) is 161 cm³/mol. The highest BCUT2D eigenvalue weighted by Crippen LogP contribution is 2.36. The molecule has 0 aromatic carbocycles. The summed E-state index contributed by atoms with van der Waals surface area (Å²) < 4.78 is 37.6. The fourth-order valence-electron chi connectivity index (χ4n) is 5.97. The molecule has 3 rings (SSSR count). The number of hydrogen-bond acceptors (Lipinski definition) is 20. The summed E-state index contributed by atoms with van der Waals surface area (Å²) in [5, 5.41) is 99.7. The molecule has 3 aliphatic heterocycles. The van der Waals surface area contributed by atoms with Gasteiger partial charge in [0.15, 0.2) is 18.7 Å². The number of carbonyl (C=O) groups is 5. The van der Waals surface area contributed by atoms with E-state index in [9.17, 15) is 69.9 Å². The summed E-state index contributed by atoms with van der Waals surface area (Å²) in [5.74, 6) is -8.17. The molecule has 0 aromatic heterocycles. The van der Waals surface area contributed by atoms with Crippen molar-refractivity contribution in [3.63, 3.8) is 0 Å². The third-order valence-electron chi connectivity index (χ3n) is 8.41. The van der Waals surface area contributed by atoms with Gasteiger partial charge in [0, 0.05) is 34.1 Å². The molecule has 23 heteroatoms. The van der Waals surface area contributed by atoms with Crippen molar-refractivity contribution in [2.45, 2.75) is 132 Å². The number of hydrogen-bond donors (Lipinski definition) is 11. The summed E-state index contributed by atoms with van der Waals surface area (Å²) in [7, 11) is 0. The van der Waals surface area contributed by atoms with E-state index in [1.165, 1.54) is 0 Å². The number of amides is 2. The fraction of sp³-hybridized carbons (Fsp3) is 0.828. The van der Waals surface area contributed by atoms with E-state index < -0.39 is 154 Å². The van der Waals surface area contributed by atoms with Gasteiger partial charge in [-0.1, -0.05) is 0 Å². The maximum absolute atomic E-state index is 12.7. The Morgan fingerprint density at radius 2 is 1.44 bits per heavy atom. The van der Waals surface area contributed by atoms with Crippen LogP contribution >= 0.6 is 0 Å². The van der Waals surface area contributed by atoms with Gasteiger partial charge in [0.25, 0.3) is 5.79 Å². The van der Waals surface area contributed by atoms with E-state index in [0.717, 1.165) is 27.7 Å². The minimum atomic E-state index is -2.92. The van der Waals surface area contributed by atoms with Gasteiger partial charge in [0.05, 0.1) is 25.4 Å². The molecule has 3 saturated heterocycles. The lowest BCUT2D eigenvalue weighted by Crippen LogP contribution is -2.69. The Labute approximate surface area is 295 Å². The molecule has 11 N–H and O–H groups in total. The van der Waals surface area contributed by atoms with E-state index in [4.69, 9.17) is 33.2 Å². The summed E-state index contributed by atoms with van der Waals surface area (Å²) in [5.41, 5.74) is 0. The number of esters is 2. The topological polar surface area (TPSA) is 356 Å². The average molecular weight is 759 g/mol. The van der Waals surface area contributed by atoms with Crippen LogP contribution in [0.5, 0.6) is 0 Å². The van der Waals surface area contributed by atoms with Gasteiger partial charge < -0.3 is 89.8 Å². The number of carboxylic acids is 1. The van der Waals surface area contributed by atoms with Crippen LogP contribution in [-0.2, 0) is 57.1 Å². The van der Waals surface area contributed by atoms with Gasteiger partial charge in [-0.3, -0.25) is 19.2 Å². The second kappa shape index (κ2) is 18.2. The van der Waals surface area contributed by atoms with Crippen molar-refractivity contribution < 1.29 is 103 Å². The molecular weight excluding hydrogens is 712 g/mol. The van der Waals surface area contributed by atoms with Crippen molar-refractivity contribution in [1.82, 2.24) is 10.6 Å². The fourth-order valence-corrected chi connectivity index (χ4v) is 5.97. The Balaban J connectivity index is 1.90. The molecule has 52 heavy (non-hydrogen) atoms. The van der Waals surface area contributed by atoms with E-state index in [1.54, 1.807) is 0 Å². The number of carboxylic acid groups (broad SMARTS) is 1. The van der Waals surface area contributed by atoms with E-state index in [-0.39, 0.29) is 0 Å². The Kier molecular flexibility index (Phi) is 15.2. The molecule has 2 amide bonds. The van der Waals surface area contributed by atoms with Crippen molar-refractivity contribution in [3.8, 4) is 0 Å². The molecule has 0 aromatic rings. The van der Waals surface area contributed by atoms with Gasteiger partial charge in [-0.25, -0.2) is 4.79 Å². The lowest BCUT2D eigenvalue weighted by Gasteiger charge is -2.48. The molecule has 0 spiro atoms. The van der Waals surface area contributed by atoms with Crippen molar-refractivity contribution >= 4 is 29.7 Å². The van der Waals surface area contributed by atoms with Crippen LogP contribution in [0.15, 0.2) is 0 Å². The molecular formula is C29H46N2O21. The van der Waals surface area contributed by atoms with Crippen LogP contribution in [0.1, 0.15) is 34.1 Å². The molecule has 3 aliphatic rings. The van der Waals surface area contributed by atoms with Crippen molar-refractivity contribution in [2.75, 3.05) is 19.8 Å². The zero-order chi connectivity index (χ0) is 39.2. The van der Waals surface area contributed by atoms with Crippen LogP contribution in [-0.4, -0.2) is 193 Å². The van der Waals surface area contributed by atoms with E-state index in [0.29, 0.717) is 0 Å². The number of nitrogens with one attached hydrogen (secondary N) is 2. The van der Waals surface area contributed by atoms with Crippen molar-refractivity contribution in [1.29, 1.82) is 0 Å². The van der Waals surface area contributed by atoms with Crippen LogP contribution in [0.2, 0.25) is 0 Å². The van der Waals surface area contributed by atoms with Crippen LogP contribution < -0.4 is 10.6 Å². The molecule has 16 atom stereocenters. The number of aliphatic hydroxyl groups excluding tert-OH is 8.